The van der Waals surface area contributed by atoms with Crippen LogP contribution < -0.4 is 0 Å². The molecule has 0 saturated heterocycles. The lowest BCUT2D eigenvalue weighted by atomic mass is 10.2. The molecule has 0 amide bonds. The van der Waals surface area contributed by atoms with Crippen molar-refractivity contribution in [2.45, 2.75) is 39.5 Å². The minimum absolute atomic E-state index is 0.445. The van der Waals surface area contributed by atoms with Crippen LogP contribution >= 0.6 is 0 Å². The fourth-order valence-electron chi connectivity index (χ4n) is 1.82. The summed E-state index contributed by atoms with van der Waals surface area (Å²) in [6.07, 6.45) is 4.72. The highest BCUT2D eigenvalue weighted by atomic mass is 17.2. The van der Waals surface area contributed by atoms with Gasteiger partial charge in [0.25, 0.3) is 0 Å². The maximum absolute atomic E-state index is 5.39. The molecule has 0 aromatic rings. The third kappa shape index (κ3) is 23.7. The minimum atomic E-state index is 0.445. The zero-order valence-corrected chi connectivity index (χ0v) is 16.2. The lowest BCUT2D eigenvalue weighted by Gasteiger charge is -2.08. The third-order valence-electron chi connectivity index (χ3n) is 3.17. The van der Waals surface area contributed by atoms with Crippen LogP contribution in [-0.2, 0) is 33.5 Å². The van der Waals surface area contributed by atoms with Gasteiger partial charge in [-0.15, -0.1) is 0 Å². The Kier molecular flexibility index (Phi) is 23.5. The normalized spacial score (nSPS) is 11.3. The predicted molar refractivity (Wildman–Crippen MR) is 95.8 cm³/mol. The van der Waals surface area contributed by atoms with Gasteiger partial charge in [-0.1, -0.05) is 26.2 Å². The van der Waals surface area contributed by atoms with Crippen LogP contribution in [0.4, 0.5) is 0 Å². The molecule has 0 aromatic carbocycles. The van der Waals surface area contributed by atoms with Crippen molar-refractivity contribution < 1.29 is 33.5 Å². The number of ether oxygens (including phenoxy) is 5. The Bertz CT molecular complexity index is 207. The molecule has 152 valence electrons. The van der Waals surface area contributed by atoms with E-state index in [0.29, 0.717) is 72.7 Å². The quantitative estimate of drug-likeness (QED) is 0.166. The van der Waals surface area contributed by atoms with Gasteiger partial charge in [0.2, 0.25) is 0 Å². The Morgan fingerprint density at radius 1 is 0.400 bits per heavy atom. The SMILES string of the molecule is CCCCCCOOCCOCCOCCOCCOCCOCC. The van der Waals surface area contributed by atoms with Crippen molar-refractivity contribution in [3.63, 3.8) is 0 Å². The predicted octanol–water partition coefficient (Wildman–Crippen LogP) is 2.62. The van der Waals surface area contributed by atoms with Gasteiger partial charge in [0.15, 0.2) is 0 Å². The van der Waals surface area contributed by atoms with Crippen molar-refractivity contribution in [2.24, 2.45) is 0 Å². The zero-order valence-electron chi connectivity index (χ0n) is 16.2. The smallest absolute Gasteiger partial charge is 0.106 e. The topological polar surface area (TPSA) is 64.6 Å². The van der Waals surface area contributed by atoms with E-state index in [1.165, 1.54) is 19.3 Å². The van der Waals surface area contributed by atoms with E-state index in [1.807, 2.05) is 6.92 Å². The Hall–Kier alpha value is -0.280. The molecule has 0 aliphatic heterocycles. The Balaban J connectivity index is 2.94. The van der Waals surface area contributed by atoms with Crippen molar-refractivity contribution >= 4 is 0 Å². The highest BCUT2D eigenvalue weighted by Gasteiger charge is 1.94. The highest BCUT2D eigenvalue weighted by Crippen LogP contribution is 1.98. The molecule has 7 heteroatoms. The molecule has 0 radical (unpaired) electrons. The van der Waals surface area contributed by atoms with Crippen LogP contribution in [0.15, 0.2) is 0 Å². The first kappa shape index (κ1) is 24.7. The molecule has 0 N–H and O–H groups in total. The second kappa shape index (κ2) is 23.7. The molecule has 0 bridgehead atoms. The molecule has 0 fully saturated rings. The van der Waals surface area contributed by atoms with Crippen LogP contribution in [0, 0.1) is 0 Å². The van der Waals surface area contributed by atoms with Gasteiger partial charge in [-0.05, 0) is 13.3 Å². The van der Waals surface area contributed by atoms with Gasteiger partial charge in [-0.3, -0.25) is 0 Å². The number of unbranched alkanes of at least 4 members (excludes halogenated alkanes) is 3. The molecular formula is C18H38O7. The average molecular weight is 366 g/mol. The molecule has 25 heavy (non-hydrogen) atoms. The fourth-order valence-corrected chi connectivity index (χ4v) is 1.82. The Morgan fingerprint density at radius 3 is 1.32 bits per heavy atom. The van der Waals surface area contributed by atoms with Gasteiger partial charge in [0, 0.05) is 6.61 Å². The summed E-state index contributed by atoms with van der Waals surface area (Å²) in [5.41, 5.74) is 0. The molecule has 0 aliphatic rings. The largest absolute Gasteiger partial charge is 0.379 e. The summed E-state index contributed by atoms with van der Waals surface area (Å²) in [5.74, 6) is 0. The van der Waals surface area contributed by atoms with Crippen LogP contribution in [-0.4, -0.2) is 79.3 Å². The van der Waals surface area contributed by atoms with E-state index in [9.17, 15) is 0 Å². The van der Waals surface area contributed by atoms with Crippen molar-refractivity contribution in [3.8, 4) is 0 Å². The molecule has 7 nitrogen and oxygen atoms in total. The van der Waals surface area contributed by atoms with E-state index in [-0.39, 0.29) is 0 Å². The summed E-state index contributed by atoms with van der Waals surface area (Å²) in [5, 5.41) is 0. The molecule has 0 spiro atoms. The van der Waals surface area contributed by atoms with Gasteiger partial charge in [0.1, 0.15) is 6.61 Å². The number of hydrogen-bond donors (Lipinski definition) is 0. The lowest BCUT2D eigenvalue weighted by molar-refractivity contribution is -0.299. The van der Waals surface area contributed by atoms with E-state index < -0.39 is 0 Å². The zero-order chi connectivity index (χ0) is 18.3. The lowest BCUT2D eigenvalue weighted by Crippen LogP contribution is -2.14. The maximum atomic E-state index is 5.39. The van der Waals surface area contributed by atoms with Gasteiger partial charge in [0.05, 0.1) is 66.1 Å². The second-order valence-electron chi connectivity index (χ2n) is 5.35. The fraction of sp³-hybridized carbons (Fsp3) is 1.00. The summed E-state index contributed by atoms with van der Waals surface area (Å²) < 4.78 is 26.6. The molecule has 0 unspecified atom stereocenters. The minimum Gasteiger partial charge on any atom is -0.379 e. The van der Waals surface area contributed by atoms with E-state index in [2.05, 4.69) is 6.92 Å². The van der Waals surface area contributed by atoms with Crippen molar-refractivity contribution in [1.29, 1.82) is 0 Å². The molecule has 0 saturated carbocycles. The summed E-state index contributed by atoms with van der Waals surface area (Å²) in [6, 6.07) is 0. The van der Waals surface area contributed by atoms with Crippen molar-refractivity contribution in [3.05, 3.63) is 0 Å². The standard InChI is InChI=1S/C18H38O7/c1-3-5-6-7-8-24-25-18-17-23-16-15-22-14-13-21-12-11-20-10-9-19-4-2/h3-18H2,1-2H3. The summed E-state index contributed by atoms with van der Waals surface area (Å²) in [6.45, 7) is 11.1. The first-order valence-electron chi connectivity index (χ1n) is 9.54. The third-order valence-corrected chi connectivity index (χ3v) is 3.17. The number of hydrogen-bond acceptors (Lipinski definition) is 7. The maximum Gasteiger partial charge on any atom is 0.106 e. The summed E-state index contributed by atoms with van der Waals surface area (Å²) >= 11 is 0. The Morgan fingerprint density at radius 2 is 0.840 bits per heavy atom. The summed E-state index contributed by atoms with van der Waals surface area (Å²) in [4.78, 5) is 10.1. The van der Waals surface area contributed by atoms with E-state index in [1.54, 1.807) is 0 Å². The monoisotopic (exact) mass is 366 g/mol. The van der Waals surface area contributed by atoms with Crippen LogP contribution in [0.2, 0.25) is 0 Å². The van der Waals surface area contributed by atoms with E-state index >= 15 is 0 Å². The molecule has 0 aromatic heterocycles. The molecular weight excluding hydrogens is 328 g/mol. The highest BCUT2D eigenvalue weighted by molar-refractivity contribution is 4.37. The molecule has 0 atom stereocenters. The van der Waals surface area contributed by atoms with Gasteiger partial charge in [-0.25, -0.2) is 9.78 Å². The van der Waals surface area contributed by atoms with Gasteiger partial charge in [-0.2, -0.15) is 0 Å². The van der Waals surface area contributed by atoms with Crippen LogP contribution in [0.5, 0.6) is 0 Å². The van der Waals surface area contributed by atoms with E-state index in [0.717, 1.165) is 13.0 Å². The van der Waals surface area contributed by atoms with Gasteiger partial charge < -0.3 is 23.7 Å². The van der Waals surface area contributed by atoms with Crippen LogP contribution in [0.25, 0.3) is 0 Å². The van der Waals surface area contributed by atoms with Crippen LogP contribution in [0.1, 0.15) is 39.5 Å². The second-order valence-corrected chi connectivity index (χ2v) is 5.35. The van der Waals surface area contributed by atoms with Crippen molar-refractivity contribution in [2.75, 3.05) is 79.3 Å². The van der Waals surface area contributed by atoms with Crippen LogP contribution in [0.3, 0.4) is 0 Å². The first-order valence-corrected chi connectivity index (χ1v) is 9.54. The molecule has 0 aliphatic carbocycles. The molecule has 0 heterocycles. The van der Waals surface area contributed by atoms with Gasteiger partial charge >= 0.3 is 0 Å². The summed E-state index contributed by atoms with van der Waals surface area (Å²) in [7, 11) is 0. The average Bonchev–Trinajstić information content (AvgIpc) is 2.63. The number of rotatable bonds is 22. The molecule has 0 rings (SSSR count). The van der Waals surface area contributed by atoms with Crippen molar-refractivity contribution in [1.82, 2.24) is 0 Å². The first-order chi connectivity index (χ1) is 12.4. The van der Waals surface area contributed by atoms with E-state index in [4.69, 9.17) is 33.5 Å². The Labute approximate surface area is 153 Å².